The average Bonchev–Trinajstić information content (AvgIpc) is 2.94. The van der Waals surface area contributed by atoms with Crippen LogP contribution in [0.3, 0.4) is 0 Å². The third-order valence-corrected chi connectivity index (χ3v) is 4.49. The predicted molar refractivity (Wildman–Crippen MR) is 97.0 cm³/mol. The summed E-state index contributed by atoms with van der Waals surface area (Å²) in [5, 5.41) is 13.7. The molecule has 9 nitrogen and oxygen atoms in total. The molecular formula is C20H23N3O6+2. The fourth-order valence-corrected chi connectivity index (χ4v) is 3.18. The van der Waals surface area contributed by atoms with Gasteiger partial charge in [-0.3, -0.25) is 4.79 Å². The first kappa shape index (κ1) is 20.4. The molecule has 2 aromatic heterocycles. The first-order valence-corrected chi connectivity index (χ1v) is 9.26. The van der Waals surface area contributed by atoms with E-state index in [4.69, 9.17) is 9.47 Å². The van der Waals surface area contributed by atoms with Gasteiger partial charge in [0.15, 0.2) is 30.5 Å². The Hall–Kier alpha value is -3.33. The number of nitrogens with one attached hydrogen (secondary N) is 1. The molecule has 0 saturated carbocycles. The average molecular weight is 401 g/mol. The maximum absolute atomic E-state index is 12.4. The number of nitrogens with zero attached hydrogens (tertiary/aromatic N) is 2. The van der Waals surface area contributed by atoms with Crippen LogP contribution in [0.15, 0.2) is 43.0 Å². The third-order valence-electron chi connectivity index (χ3n) is 4.49. The lowest BCUT2D eigenvalue weighted by Crippen LogP contribution is -2.42. The number of aliphatic hydroxyl groups is 1. The molecule has 1 atom stereocenters. The van der Waals surface area contributed by atoms with E-state index in [1.54, 1.807) is 55.2 Å². The monoisotopic (exact) mass is 401 g/mol. The molecule has 1 amide bonds. The van der Waals surface area contributed by atoms with Gasteiger partial charge in [-0.2, -0.15) is 9.13 Å². The molecule has 0 aromatic carbocycles. The Bertz CT molecular complexity index is 944. The number of hydrogen-bond acceptors (Lipinski definition) is 6. The van der Waals surface area contributed by atoms with Crippen molar-refractivity contribution in [2.75, 3.05) is 13.2 Å². The molecule has 3 rings (SSSR count). The normalized spacial score (nSPS) is 17.4. The molecule has 152 valence electrons. The van der Waals surface area contributed by atoms with Crippen LogP contribution in [0.5, 0.6) is 0 Å². The molecule has 3 heterocycles. The van der Waals surface area contributed by atoms with Crippen LogP contribution in [0, 0.1) is 0 Å². The van der Waals surface area contributed by atoms with Crippen LogP contribution in [0.1, 0.15) is 35.3 Å². The minimum Gasteiger partial charge on any atom is -0.461 e. The van der Waals surface area contributed by atoms with Gasteiger partial charge in [0, 0.05) is 29.3 Å². The molecule has 2 aromatic rings. The summed E-state index contributed by atoms with van der Waals surface area (Å²) in [6.07, 6.45) is 6.35. The Morgan fingerprint density at radius 3 is 2.14 bits per heavy atom. The molecule has 1 aliphatic rings. The molecule has 1 aliphatic heterocycles. The van der Waals surface area contributed by atoms with E-state index in [1.807, 2.05) is 0 Å². The van der Waals surface area contributed by atoms with Crippen LogP contribution in [-0.4, -0.2) is 36.2 Å². The summed E-state index contributed by atoms with van der Waals surface area (Å²) < 4.78 is 13.0. The maximum Gasteiger partial charge on any atom is 0.372 e. The Morgan fingerprint density at radius 1 is 1.00 bits per heavy atom. The highest BCUT2D eigenvalue weighted by Crippen LogP contribution is 2.33. The summed E-state index contributed by atoms with van der Waals surface area (Å²) >= 11 is 0. The third kappa shape index (κ3) is 4.24. The van der Waals surface area contributed by atoms with Crippen LogP contribution in [0.2, 0.25) is 0 Å². The minimum atomic E-state index is -1.71. The summed E-state index contributed by atoms with van der Waals surface area (Å²) in [5.74, 6) is -1.24. The number of esters is 2. The molecule has 9 heteroatoms. The van der Waals surface area contributed by atoms with Gasteiger partial charge >= 0.3 is 11.9 Å². The van der Waals surface area contributed by atoms with Crippen LogP contribution in [0.4, 0.5) is 0 Å². The van der Waals surface area contributed by atoms with Crippen molar-refractivity contribution in [2.24, 2.45) is 0 Å². The number of carbonyl (C=O) groups excluding carboxylic acids is 3. The highest BCUT2D eigenvalue weighted by Gasteiger charge is 2.45. The number of carbonyl (C=O) groups is 3. The Labute approximate surface area is 167 Å². The molecule has 0 radical (unpaired) electrons. The number of ether oxygens (including phenoxy) is 2. The zero-order valence-corrected chi connectivity index (χ0v) is 16.3. The van der Waals surface area contributed by atoms with E-state index in [1.165, 1.54) is 10.8 Å². The summed E-state index contributed by atoms with van der Waals surface area (Å²) in [6.45, 7) is 4.04. The van der Waals surface area contributed by atoms with Crippen molar-refractivity contribution in [2.45, 2.75) is 32.7 Å². The Balaban J connectivity index is 1.84. The summed E-state index contributed by atoms with van der Waals surface area (Å²) in [5.41, 5.74) is -0.625. The van der Waals surface area contributed by atoms with E-state index >= 15 is 0 Å². The van der Waals surface area contributed by atoms with Gasteiger partial charge in [-0.1, -0.05) is 0 Å². The molecule has 1 unspecified atom stereocenters. The lowest BCUT2D eigenvalue weighted by Gasteiger charge is -2.23. The second-order valence-electron chi connectivity index (χ2n) is 6.48. The molecular weight excluding hydrogens is 378 g/mol. The van der Waals surface area contributed by atoms with Gasteiger partial charge < -0.3 is 19.9 Å². The molecule has 2 N–H and O–H groups in total. The standard InChI is InChI=1S/C20H22N3O6/c1-3-28-17(24)12-22-8-5-14(6-9-22)20(27)16-7-10-23(13-18(25)29-4-2)11-15(16)19(26)21-20/h5-11,27H,3-4,12-13H2,1-2H3/q+1/p+1. The van der Waals surface area contributed by atoms with E-state index in [0.717, 1.165) is 0 Å². The maximum atomic E-state index is 12.4. The van der Waals surface area contributed by atoms with Gasteiger partial charge in [0.25, 0.3) is 5.91 Å². The quantitative estimate of drug-likeness (QED) is 0.470. The first-order valence-electron chi connectivity index (χ1n) is 9.26. The number of aromatic nitrogens is 2. The fraction of sp³-hybridized carbons (Fsp3) is 0.350. The van der Waals surface area contributed by atoms with E-state index < -0.39 is 17.6 Å². The van der Waals surface area contributed by atoms with Crippen molar-refractivity contribution < 1.29 is 38.1 Å². The van der Waals surface area contributed by atoms with E-state index in [2.05, 4.69) is 5.32 Å². The second kappa shape index (κ2) is 8.36. The van der Waals surface area contributed by atoms with Gasteiger partial charge in [0.2, 0.25) is 13.1 Å². The van der Waals surface area contributed by atoms with Crippen LogP contribution in [0.25, 0.3) is 0 Å². The summed E-state index contributed by atoms with van der Waals surface area (Å²) in [6, 6.07) is 4.83. The largest absolute Gasteiger partial charge is 0.461 e. The van der Waals surface area contributed by atoms with Crippen LogP contribution in [-0.2, 0) is 37.9 Å². The van der Waals surface area contributed by atoms with Gasteiger partial charge in [0.05, 0.1) is 13.2 Å². The topological polar surface area (TPSA) is 110 Å². The van der Waals surface area contributed by atoms with Gasteiger partial charge in [0.1, 0.15) is 5.56 Å². The highest BCUT2D eigenvalue weighted by atomic mass is 16.5. The lowest BCUT2D eigenvalue weighted by atomic mass is 9.96. The zero-order chi connectivity index (χ0) is 21.0. The van der Waals surface area contributed by atoms with Crippen molar-refractivity contribution in [1.29, 1.82) is 0 Å². The molecule has 0 bridgehead atoms. The van der Waals surface area contributed by atoms with Crippen molar-refractivity contribution in [3.8, 4) is 0 Å². The molecule has 29 heavy (non-hydrogen) atoms. The molecule has 0 aliphatic carbocycles. The van der Waals surface area contributed by atoms with E-state index in [9.17, 15) is 19.5 Å². The zero-order valence-electron chi connectivity index (χ0n) is 16.3. The molecule has 0 fully saturated rings. The van der Waals surface area contributed by atoms with Crippen molar-refractivity contribution in [3.05, 3.63) is 59.7 Å². The molecule has 0 saturated heterocycles. The highest BCUT2D eigenvalue weighted by molar-refractivity contribution is 5.99. The fourth-order valence-electron chi connectivity index (χ4n) is 3.18. The first-order chi connectivity index (χ1) is 13.9. The van der Waals surface area contributed by atoms with E-state index in [-0.39, 0.29) is 31.2 Å². The van der Waals surface area contributed by atoms with Crippen LogP contribution >= 0.6 is 0 Å². The Morgan fingerprint density at radius 2 is 1.55 bits per heavy atom. The number of rotatable bonds is 7. The van der Waals surface area contributed by atoms with Gasteiger partial charge in [-0.05, 0) is 13.8 Å². The lowest BCUT2D eigenvalue weighted by molar-refractivity contribution is -0.686. The molecule has 0 spiro atoms. The van der Waals surface area contributed by atoms with Gasteiger partial charge in [-0.15, -0.1) is 0 Å². The van der Waals surface area contributed by atoms with Crippen LogP contribution < -0.4 is 14.5 Å². The Kier molecular flexibility index (Phi) is 5.88. The van der Waals surface area contributed by atoms with Crippen molar-refractivity contribution in [1.82, 2.24) is 5.32 Å². The minimum absolute atomic E-state index is 0.0357. The van der Waals surface area contributed by atoms with Gasteiger partial charge in [-0.25, -0.2) is 9.59 Å². The summed E-state index contributed by atoms with van der Waals surface area (Å²) in [7, 11) is 0. The number of amides is 1. The second-order valence-corrected chi connectivity index (χ2v) is 6.48. The van der Waals surface area contributed by atoms with E-state index in [0.29, 0.717) is 17.7 Å². The smallest absolute Gasteiger partial charge is 0.372 e. The van der Waals surface area contributed by atoms with Crippen molar-refractivity contribution >= 4 is 17.8 Å². The number of fused-ring (bicyclic) bond motifs is 1. The SMILES string of the molecule is CCOC(=O)C[n+]1ccc(C2(O)NC(=O)c3c[n+](CC(=O)OCC)ccc32)cc1. The summed E-state index contributed by atoms with van der Waals surface area (Å²) in [4.78, 5) is 35.7. The number of pyridine rings is 2. The van der Waals surface area contributed by atoms with Crippen molar-refractivity contribution in [3.63, 3.8) is 0 Å². The number of hydrogen-bond donors (Lipinski definition) is 2. The predicted octanol–water partition coefficient (Wildman–Crippen LogP) is -0.675.